The summed E-state index contributed by atoms with van der Waals surface area (Å²) < 4.78 is 5.10. The number of carboxylic acids is 1. The number of hydrogen-bond acceptors (Lipinski definition) is 3. The minimum atomic E-state index is -0.904. The van der Waals surface area contributed by atoms with Gasteiger partial charge in [0.15, 0.2) is 5.78 Å². The van der Waals surface area contributed by atoms with Gasteiger partial charge in [0, 0.05) is 25.7 Å². The second kappa shape index (κ2) is 12.7. The first-order chi connectivity index (χ1) is 16.1. The van der Waals surface area contributed by atoms with E-state index < -0.39 is 11.9 Å². The Bertz CT molecular complexity index is 1010. The first-order valence-corrected chi connectivity index (χ1v) is 11.5. The summed E-state index contributed by atoms with van der Waals surface area (Å²) in [5.41, 5.74) is 5.15. The summed E-state index contributed by atoms with van der Waals surface area (Å²) in [5.74, 6) is -1.69. The highest BCUT2D eigenvalue weighted by Crippen LogP contribution is 2.23. The van der Waals surface area contributed by atoms with E-state index in [4.69, 9.17) is 4.74 Å². The quantitative estimate of drug-likeness (QED) is 0.251. The molecule has 0 aliphatic carbocycles. The van der Waals surface area contributed by atoms with Crippen molar-refractivity contribution in [3.05, 3.63) is 95.6 Å². The Morgan fingerprint density at radius 1 is 0.788 bits per heavy atom. The van der Waals surface area contributed by atoms with Crippen LogP contribution in [-0.4, -0.2) is 30.6 Å². The molecule has 1 atom stereocenters. The average Bonchev–Trinajstić information content (AvgIpc) is 2.84. The fourth-order valence-electron chi connectivity index (χ4n) is 3.98. The second-order valence-corrected chi connectivity index (χ2v) is 8.41. The highest BCUT2D eigenvalue weighted by Gasteiger charge is 2.21. The molecular weight excluding hydrogens is 412 g/mol. The highest BCUT2D eigenvalue weighted by molar-refractivity contribution is 5.98. The summed E-state index contributed by atoms with van der Waals surface area (Å²) in [6.45, 7) is 0.757. The molecule has 0 fully saturated rings. The Hall–Kier alpha value is -3.24. The van der Waals surface area contributed by atoms with Crippen LogP contribution in [0.25, 0.3) is 11.1 Å². The predicted octanol–water partition coefficient (Wildman–Crippen LogP) is 6.23. The number of aliphatic carboxylic acids is 1. The Kier molecular flexibility index (Phi) is 9.40. The van der Waals surface area contributed by atoms with Crippen LogP contribution >= 0.6 is 0 Å². The largest absolute Gasteiger partial charge is 0.481 e. The molecule has 0 saturated carbocycles. The van der Waals surface area contributed by atoms with E-state index in [9.17, 15) is 14.7 Å². The molecule has 0 bridgehead atoms. The predicted molar refractivity (Wildman–Crippen MR) is 132 cm³/mol. The zero-order valence-electron chi connectivity index (χ0n) is 19.2. The van der Waals surface area contributed by atoms with Crippen molar-refractivity contribution < 1.29 is 19.4 Å². The minimum absolute atomic E-state index is 0.0274. The molecular formula is C29H32O4. The number of rotatable bonds is 13. The van der Waals surface area contributed by atoms with E-state index >= 15 is 0 Å². The van der Waals surface area contributed by atoms with E-state index in [0.717, 1.165) is 43.4 Å². The molecule has 172 valence electrons. The maximum absolute atomic E-state index is 12.7. The van der Waals surface area contributed by atoms with Crippen molar-refractivity contribution in [1.29, 1.82) is 0 Å². The lowest BCUT2D eigenvalue weighted by atomic mass is 9.92. The minimum Gasteiger partial charge on any atom is -0.481 e. The summed E-state index contributed by atoms with van der Waals surface area (Å²) in [7, 11) is 1.71. The first kappa shape index (κ1) is 24.4. The Morgan fingerprint density at radius 2 is 1.36 bits per heavy atom. The van der Waals surface area contributed by atoms with Crippen LogP contribution in [0.5, 0.6) is 0 Å². The lowest BCUT2D eigenvalue weighted by Crippen LogP contribution is -2.18. The number of ether oxygens (including phenoxy) is 1. The van der Waals surface area contributed by atoms with Crippen LogP contribution in [0.4, 0.5) is 0 Å². The fraction of sp³-hybridized carbons (Fsp3) is 0.310. The topological polar surface area (TPSA) is 63.6 Å². The Morgan fingerprint density at radius 3 is 1.97 bits per heavy atom. The van der Waals surface area contributed by atoms with Crippen LogP contribution in [0.1, 0.15) is 47.2 Å². The number of Topliss-reactive ketones (excluding diaryl/α,β-unsaturated/α-hetero) is 1. The molecule has 0 aromatic heterocycles. The number of benzene rings is 3. The lowest BCUT2D eigenvalue weighted by molar-refractivity contribution is -0.141. The van der Waals surface area contributed by atoms with E-state index in [1.807, 2.05) is 42.5 Å². The molecule has 0 spiro atoms. The van der Waals surface area contributed by atoms with Gasteiger partial charge in [0.05, 0.1) is 5.92 Å². The summed E-state index contributed by atoms with van der Waals surface area (Å²) in [6.07, 6.45) is 4.06. The van der Waals surface area contributed by atoms with E-state index in [2.05, 4.69) is 24.3 Å². The van der Waals surface area contributed by atoms with Crippen LogP contribution in [0.3, 0.4) is 0 Å². The molecule has 1 N–H and O–H groups in total. The molecule has 0 saturated heterocycles. The lowest BCUT2D eigenvalue weighted by Gasteiger charge is -2.12. The summed E-state index contributed by atoms with van der Waals surface area (Å²) >= 11 is 0. The number of ketones is 1. The van der Waals surface area contributed by atoms with Crippen LogP contribution in [0.2, 0.25) is 0 Å². The van der Waals surface area contributed by atoms with Gasteiger partial charge < -0.3 is 9.84 Å². The molecule has 0 heterocycles. The molecule has 1 unspecified atom stereocenters. The SMILES string of the molecule is COCCCc1ccc(-c2ccc(C(=O)CC(CCCc3ccccc3)C(=O)O)cc2)cc1. The first-order valence-electron chi connectivity index (χ1n) is 11.5. The molecule has 4 heteroatoms. The third-order valence-electron chi connectivity index (χ3n) is 5.95. The van der Waals surface area contributed by atoms with Crippen molar-refractivity contribution in [2.75, 3.05) is 13.7 Å². The van der Waals surface area contributed by atoms with Crippen LogP contribution < -0.4 is 0 Å². The summed E-state index contributed by atoms with van der Waals surface area (Å²) in [6, 6.07) is 25.9. The zero-order valence-corrected chi connectivity index (χ0v) is 19.2. The van der Waals surface area contributed by atoms with Crippen molar-refractivity contribution in [2.24, 2.45) is 5.92 Å². The van der Waals surface area contributed by atoms with Gasteiger partial charge in [-0.25, -0.2) is 0 Å². The number of hydrogen-bond donors (Lipinski definition) is 1. The van der Waals surface area contributed by atoms with Crippen molar-refractivity contribution in [2.45, 2.75) is 38.5 Å². The van der Waals surface area contributed by atoms with Crippen molar-refractivity contribution in [3.63, 3.8) is 0 Å². The summed E-state index contributed by atoms with van der Waals surface area (Å²) in [4.78, 5) is 24.4. The maximum Gasteiger partial charge on any atom is 0.306 e. The van der Waals surface area contributed by atoms with E-state index in [-0.39, 0.29) is 12.2 Å². The van der Waals surface area contributed by atoms with Crippen molar-refractivity contribution in [3.8, 4) is 11.1 Å². The highest BCUT2D eigenvalue weighted by atomic mass is 16.5. The van der Waals surface area contributed by atoms with Crippen LogP contribution in [0.15, 0.2) is 78.9 Å². The smallest absolute Gasteiger partial charge is 0.306 e. The molecule has 3 rings (SSSR count). The third-order valence-corrected chi connectivity index (χ3v) is 5.95. The average molecular weight is 445 g/mol. The normalized spacial score (nSPS) is 11.8. The monoisotopic (exact) mass is 444 g/mol. The van der Waals surface area contributed by atoms with Gasteiger partial charge in [-0.3, -0.25) is 9.59 Å². The van der Waals surface area contributed by atoms with Gasteiger partial charge in [0.2, 0.25) is 0 Å². The number of carboxylic acid groups (broad SMARTS) is 1. The Balaban J connectivity index is 1.55. The Labute approximate surface area is 196 Å². The zero-order chi connectivity index (χ0) is 23.5. The van der Waals surface area contributed by atoms with Gasteiger partial charge in [-0.2, -0.15) is 0 Å². The molecule has 3 aromatic rings. The maximum atomic E-state index is 12.7. The standard InChI is InChI=1S/C29H32O4/c1-33-20-6-10-23-12-14-24(15-13-23)25-16-18-26(19-17-25)28(30)21-27(29(31)32)11-5-9-22-7-3-2-4-8-22/h2-4,7-8,12-19,27H,5-6,9-11,20-21H2,1H3,(H,31,32). The van der Waals surface area contributed by atoms with E-state index in [0.29, 0.717) is 12.0 Å². The van der Waals surface area contributed by atoms with Gasteiger partial charge in [-0.05, 0) is 54.4 Å². The molecule has 0 aliphatic rings. The van der Waals surface area contributed by atoms with Gasteiger partial charge >= 0.3 is 5.97 Å². The van der Waals surface area contributed by atoms with Crippen LogP contribution in [0, 0.1) is 5.92 Å². The van der Waals surface area contributed by atoms with Crippen molar-refractivity contribution >= 4 is 11.8 Å². The second-order valence-electron chi connectivity index (χ2n) is 8.41. The van der Waals surface area contributed by atoms with Crippen molar-refractivity contribution in [1.82, 2.24) is 0 Å². The number of carbonyl (C=O) groups excluding carboxylic acids is 1. The fourth-order valence-corrected chi connectivity index (χ4v) is 3.98. The van der Waals surface area contributed by atoms with Gasteiger partial charge in [0.25, 0.3) is 0 Å². The molecule has 4 nitrogen and oxygen atoms in total. The molecule has 0 amide bonds. The molecule has 33 heavy (non-hydrogen) atoms. The van der Waals surface area contributed by atoms with Gasteiger partial charge in [-0.1, -0.05) is 78.9 Å². The molecule has 3 aromatic carbocycles. The third kappa shape index (κ3) is 7.69. The summed E-state index contributed by atoms with van der Waals surface area (Å²) in [5, 5.41) is 9.59. The van der Waals surface area contributed by atoms with E-state index in [1.54, 1.807) is 19.2 Å². The number of carbonyl (C=O) groups is 2. The van der Waals surface area contributed by atoms with Gasteiger partial charge in [0.1, 0.15) is 0 Å². The molecule has 0 aliphatic heterocycles. The number of aryl methyl sites for hydroxylation is 2. The number of methoxy groups -OCH3 is 1. The molecule has 0 radical (unpaired) electrons. The van der Waals surface area contributed by atoms with E-state index in [1.165, 1.54) is 11.1 Å². The van der Waals surface area contributed by atoms with Crippen LogP contribution in [-0.2, 0) is 22.4 Å². The van der Waals surface area contributed by atoms with Gasteiger partial charge in [-0.15, -0.1) is 0 Å².